The van der Waals surface area contributed by atoms with E-state index in [9.17, 15) is 45.6 Å². The number of allylic oxidation sites excluding steroid dienone is 9. The molecule has 9 N–H and O–H groups in total. The van der Waals surface area contributed by atoms with Crippen LogP contribution in [0.1, 0.15) is 277 Å². The van der Waals surface area contributed by atoms with Gasteiger partial charge in [-0.2, -0.15) is 0 Å². The maximum absolute atomic E-state index is 13.3. The van der Waals surface area contributed by atoms with Gasteiger partial charge >= 0.3 is 0 Å². The van der Waals surface area contributed by atoms with Crippen LogP contribution in [0, 0.1) is 0 Å². The van der Waals surface area contributed by atoms with Crippen LogP contribution in [0.5, 0.6) is 0 Å². The molecule has 0 aromatic rings. The summed E-state index contributed by atoms with van der Waals surface area (Å²) in [5.74, 6) is -0.252. The number of unbranched alkanes of at least 4 members (excludes halogenated alkanes) is 34. The highest BCUT2D eigenvalue weighted by atomic mass is 16.7. The van der Waals surface area contributed by atoms with E-state index in [2.05, 4.69) is 67.8 Å². The zero-order valence-electron chi connectivity index (χ0n) is 52.4. The summed E-state index contributed by atoms with van der Waals surface area (Å²) in [5.41, 5.74) is 0. The van der Waals surface area contributed by atoms with Crippen molar-refractivity contribution in [2.45, 2.75) is 351 Å². The minimum absolute atomic E-state index is 0.252. The molecule has 2 fully saturated rings. The number of hydrogen-bond acceptors (Lipinski definition) is 13. The van der Waals surface area contributed by atoms with Crippen LogP contribution >= 0.6 is 0 Å². The van der Waals surface area contributed by atoms with Gasteiger partial charge in [0.15, 0.2) is 12.6 Å². The van der Waals surface area contributed by atoms with Crippen molar-refractivity contribution in [2.75, 3.05) is 19.8 Å². The second-order valence-corrected chi connectivity index (χ2v) is 23.9. The average Bonchev–Trinajstić information content (AvgIpc) is 3.65. The van der Waals surface area contributed by atoms with Crippen LogP contribution in [0.2, 0.25) is 0 Å². The summed E-state index contributed by atoms with van der Waals surface area (Å²) < 4.78 is 22.8. The van der Waals surface area contributed by atoms with Crippen molar-refractivity contribution >= 4 is 5.91 Å². The van der Waals surface area contributed by atoms with Gasteiger partial charge in [0.05, 0.1) is 32.0 Å². The number of amides is 1. The molecule has 83 heavy (non-hydrogen) atoms. The van der Waals surface area contributed by atoms with Crippen molar-refractivity contribution in [1.82, 2.24) is 5.32 Å². The first-order valence-corrected chi connectivity index (χ1v) is 34.0. The van der Waals surface area contributed by atoms with Crippen molar-refractivity contribution in [3.8, 4) is 0 Å². The van der Waals surface area contributed by atoms with Crippen LogP contribution in [-0.4, -0.2) is 140 Å². The zero-order chi connectivity index (χ0) is 60.2. The normalized spacial score (nSPS) is 24.2. The Morgan fingerprint density at radius 3 is 1.25 bits per heavy atom. The van der Waals surface area contributed by atoms with E-state index in [0.717, 1.165) is 51.4 Å². The molecule has 0 bridgehead atoms. The summed E-state index contributed by atoms with van der Waals surface area (Å²) >= 11 is 0. The predicted molar refractivity (Wildman–Crippen MR) is 337 cm³/mol. The number of carbonyl (C=O) groups is 1. The van der Waals surface area contributed by atoms with E-state index in [1.165, 1.54) is 193 Å². The quantitative estimate of drug-likeness (QED) is 0.0204. The van der Waals surface area contributed by atoms with Crippen molar-refractivity contribution in [1.29, 1.82) is 0 Å². The zero-order valence-corrected chi connectivity index (χ0v) is 52.4. The molecule has 1 amide bonds. The van der Waals surface area contributed by atoms with Gasteiger partial charge in [-0.1, -0.05) is 254 Å². The molecular weight excluding hydrogens is 1050 g/mol. The standard InChI is InChI=1S/C69H125NO13/c1-3-5-7-9-11-13-15-17-19-21-23-25-27-28-29-30-31-33-35-37-39-41-43-45-47-49-51-53-61(74)70-57(56-80-68-66(79)64(77)67(60(55-72)82-68)83-69-65(78)63(76)62(75)59(54-71)81-69)58(73)52-50-48-46-44-42-40-38-36-34-32-26-24-22-20-18-16-14-12-10-8-6-4-2/h15,17,21,23,34,36,42,44,50,52,57-60,62-69,71-73,75-79H,3-14,16,18-20,22,24-33,35,37-41,43,45-49,51,53-56H2,1-2H3,(H,70,74)/b17-15-,23-21-,36-34+,44-42+,52-50+. The summed E-state index contributed by atoms with van der Waals surface area (Å²) in [4.78, 5) is 13.3. The fraction of sp³-hybridized carbons (Fsp3) is 0.841. The summed E-state index contributed by atoms with van der Waals surface area (Å²) in [7, 11) is 0. The second-order valence-electron chi connectivity index (χ2n) is 23.9. The number of nitrogens with one attached hydrogen (secondary N) is 1. The van der Waals surface area contributed by atoms with E-state index >= 15 is 0 Å². The van der Waals surface area contributed by atoms with Crippen molar-refractivity contribution in [3.05, 3.63) is 60.8 Å². The van der Waals surface area contributed by atoms with E-state index < -0.39 is 86.8 Å². The van der Waals surface area contributed by atoms with Gasteiger partial charge in [-0.25, -0.2) is 0 Å². The van der Waals surface area contributed by atoms with Crippen molar-refractivity contribution in [3.63, 3.8) is 0 Å². The minimum Gasteiger partial charge on any atom is -0.394 e. The number of ether oxygens (including phenoxy) is 4. The van der Waals surface area contributed by atoms with Gasteiger partial charge in [-0.05, 0) is 77.0 Å². The lowest BCUT2D eigenvalue weighted by molar-refractivity contribution is -0.359. The molecule has 12 unspecified atom stereocenters. The summed E-state index contributed by atoms with van der Waals surface area (Å²) in [6.45, 7) is 2.79. The SMILES string of the molecule is CCCCCCC/C=C\C/C=C\CCCCCCCCCCCCCCCCCC(=O)NC(COC1OC(CO)C(OC2OC(CO)C(O)C(O)C2O)C(O)C1O)C(O)/C=C/CC/C=C/CC/C=C/CCCCCCCCCCCCCC. The molecule has 14 nitrogen and oxygen atoms in total. The van der Waals surface area contributed by atoms with Gasteiger partial charge in [-0.3, -0.25) is 4.79 Å². The van der Waals surface area contributed by atoms with Crippen LogP contribution in [0.4, 0.5) is 0 Å². The van der Waals surface area contributed by atoms with Crippen LogP contribution in [0.15, 0.2) is 60.8 Å². The molecule has 0 aliphatic carbocycles. The number of rotatable bonds is 55. The molecular formula is C69H125NO13. The molecule has 2 aliphatic heterocycles. The van der Waals surface area contributed by atoms with Gasteiger partial charge < -0.3 is 65.1 Å². The number of aliphatic hydroxyl groups excluding tert-OH is 8. The molecule has 14 heteroatoms. The Balaban J connectivity index is 1.72. The molecule has 0 aromatic carbocycles. The lowest BCUT2D eigenvalue weighted by Crippen LogP contribution is -2.65. The van der Waals surface area contributed by atoms with Gasteiger partial charge in [-0.15, -0.1) is 0 Å². The van der Waals surface area contributed by atoms with Gasteiger partial charge in [0.1, 0.15) is 48.8 Å². The highest BCUT2D eigenvalue weighted by molar-refractivity contribution is 5.76. The second kappa shape index (κ2) is 53.9. The lowest BCUT2D eigenvalue weighted by atomic mass is 9.97. The van der Waals surface area contributed by atoms with E-state index in [1.54, 1.807) is 6.08 Å². The van der Waals surface area contributed by atoms with Crippen LogP contribution in [-0.2, 0) is 23.7 Å². The lowest BCUT2D eigenvalue weighted by Gasteiger charge is -2.46. The number of hydrogen-bond donors (Lipinski definition) is 9. The summed E-state index contributed by atoms with van der Waals surface area (Å²) in [6, 6.07) is -0.940. The summed E-state index contributed by atoms with van der Waals surface area (Å²) in [5, 5.41) is 87.3. The average molecular weight is 1180 g/mol. The first kappa shape index (κ1) is 76.8. The minimum atomic E-state index is -1.79. The number of carbonyl (C=O) groups excluding carboxylic acids is 1. The van der Waals surface area contributed by atoms with Crippen LogP contribution < -0.4 is 5.32 Å². The Bertz CT molecular complexity index is 1620. The summed E-state index contributed by atoms with van der Waals surface area (Å²) in [6.07, 6.45) is 54.1. The first-order chi connectivity index (χ1) is 40.6. The molecule has 12 atom stereocenters. The maximum atomic E-state index is 13.3. The van der Waals surface area contributed by atoms with Crippen molar-refractivity contribution < 1.29 is 64.6 Å². The maximum Gasteiger partial charge on any atom is 0.220 e. The van der Waals surface area contributed by atoms with Gasteiger partial charge in [0.2, 0.25) is 5.91 Å². The fourth-order valence-electron chi connectivity index (χ4n) is 10.9. The Labute approximate surface area is 505 Å². The smallest absolute Gasteiger partial charge is 0.220 e. The van der Waals surface area contributed by atoms with Crippen LogP contribution in [0.25, 0.3) is 0 Å². The molecule has 2 saturated heterocycles. The molecule has 0 aromatic heterocycles. The third-order valence-corrected chi connectivity index (χ3v) is 16.4. The molecule has 2 aliphatic rings. The first-order valence-electron chi connectivity index (χ1n) is 34.0. The predicted octanol–water partition coefficient (Wildman–Crippen LogP) is 13.3. The van der Waals surface area contributed by atoms with E-state index in [4.69, 9.17) is 18.9 Å². The highest BCUT2D eigenvalue weighted by Crippen LogP contribution is 2.30. The third-order valence-electron chi connectivity index (χ3n) is 16.4. The Hall–Kier alpha value is -2.31. The molecule has 0 radical (unpaired) electrons. The topological polar surface area (TPSA) is 228 Å². The largest absolute Gasteiger partial charge is 0.394 e. The molecule has 0 spiro atoms. The molecule has 2 heterocycles. The van der Waals surface area contributed by atoms with Crippen molar-refractivity contribution in [2.24, 2.45) is 0 Å². The Morgan fingerprint density at radius 2 is 0.807 bits per heavy atom. The van der Waals surface area contributed by atoms with Crippen LogP contribution in [0.3, 0.4) is 0 Å². The molecule has 2 rings (SSSR count). The molecule has 0 saturated carbocycles. The van der Waals surface area contributed by atoms with Gasteiger partial charge in [0, 0.05) is 6.42 Å². The molecule has 484 valence electrons. The Kier molecular flexibility index (Phi) is 49.9. The highest BCUT2D eigenvalue weighted by Gasteiger charge is 2.51. The van der Waals surface area contributed by atoms with Gasteiger partial charge in [0.25, 0.3) is 0 Å². The van der Waals surface area contributed by atoms with E-state index in [1.807, 2.05) is 6.08 Å². The van der Waals surface area contributed by atoms with E-state index in [0.29, 0.717) is 12.8 Å². The third kappa shape index (κ3) is 38.6. The monoisotopic (exact) mass is 1180 g/mol. The Morgan fingerprint density at radius 1 is 0.434 bits per heavy atom. The number of aliphatic hydroxyl groups is 8. The fourth-order valence-corrected chi connectivity index (χ4v) is 10.9. The van der Waals surface area contributed by atoms with E-state index in [-0.39, 0.29) is 18.9 Å².